The predicted molar refractivity (Wildman–Crippen MR) is 49.9 cm³/mol. The van der Waals surface area contributed by atoms with Gasteiger partial charge in [0.2, 0.25) is 0 Å². The van der Waals surface area contributed by atoms with Gasteiger partial charge in [-0.05, 0) is 40.9 Å². The van der Waals surface area contributed by atoms with Crippen LogP contribution in [0.4, 0.5) is 0 Å². The van der Waals surface area contributed by atoms with Gasteiger partial charge in [0.05, 0.1) is 5.69 Å². The van der Waals surface area contributed by atoms with Crippen molar-refractivity contribution in [3.8, 4) is 0 Å². The van der Waals surface area contributed by atoms with Crippen LogP contribution >= 0.6 is 15.9 Å². The van der Waals surface area contributed by atoms with Crippen molar-refractivity contribution in [1.82, 2.24) is 4.98 Å². The average molecular weight is 228 g/mol. The van der Waals surface area contributed by atoms with Crippen LogP contribution in [0.15, 0.2) is 22.8 Å². The van der Waals surface area contributed by atoms with Crippen molar-refractivity contribution in [3.05, 3.63) is 28.5 Å². The van der Waals surface area contributed by atoms with Gasteiger partial charge < -0.3 is 4.74 Å². The lowest BCUT2D eigenvalue weighted by Gasteiger charge is -2.13. The normalized spacial score (nSPS) is 19.2. The van der Waals surface area contributed by atoms with E-state index in [9.17, 15) is 0 Å². The van der Waals surface area contributed by atoms with E-state index in [1.807, 2.05) is 12.1 Å². The first kappa shape index (κ1) is 8.20. The van der Waals surface area contributed by atoms with E-state index in [0.29, 0.717) is 0 Å². The van der Waals surface area contributed by atoms with Crippen LogP contribution in [0.5, 0.6) is 0 Å². The molecule has 64 valence electrons. The van der Waals surface area contributed by atoms with Crippen molar-refractivity contribution >= 4 is 15.9 Å². The number of hydrogen-bond acceptors (Lipinski definition) is 2. The summed E-state index contributed by atoms with van der Waals surface area (Å²) in [5.74, 6) is 0. The molecule has 1 heterocycles. The van der Waals surface area contributed by atoms with Gasteiger partial charge in [0, 0.05) is 17.8 Å². The molecular formula is C9H10BrNO. The second kappa shape index (κ2) is 2.82. The third-order valence-corrected chi connectivity index (χ3v) is 2.92. The Hall–Kier alpha value is -0.410. The fraction of sp³-hybridized carbons (Fsp3) is 0.444. The van der Waals surface area contributed by atoms with E-state index in [4.69, 9.17) is 4.74 Å². The van der Waals surface area contributed by atoms with Crippen LogP contribution in [0, 0.1) is 0 Å². The largest absolute Gasteiger partial charge is 0.372 e. The third-order valence-electron chi connectivity index (χ3n) is 2.28. The molecule has 1 aliphatic carbocycles. The molecule has 1 aromatic heterocycles. The summed E-state index contributed by atoms with van der Waals surface area (Å²) in [4.78, 5) is 4.31. The van der Waals surface area contributed by atoms with Crippen LogP contribution in [0.2, 0.25) is 0 Å². The van der Waals surface area contributed by atoms with E-state index in [1.165, 1.54) is 0 Å². The number of ether oxygens (including phenoxy) is 1. The van der Waals surface area contributed by atoms with Gasteiger partial charge in [-0.15, -0.1) is 0 Å². The fourth-order valence-electron chi connectivity index (χ4n) is 1.37. The summed E-state index contributed by atoms with van der Waals surface area (Å²) in [6, 6.07) is 3.92. The van der Waals surface area contributed by atoms with Crippen molar-refractivity contribution < 1.29 is 4.74 Å². The molecule has 3 heteroatoms. The summed E-state index contributed by atoms with van der Waals surface area (Å²) >= 11 is 3.47. The van der Waals surface area contributed by atoms with Gasteiger partial charge >= 0.3 is 0 Å². The Morgan fingerprint density at radius 3 is 2.83 bits per heavy atom. The second-order valence-corrected chi connectivity index (χ2v) is 3.89. The Bertz CT molecular complexity index is 296. The minimum atomic E-state index is -0.0832. The molecule has 0 bridgehead atoms. The summed E-state index contributed by atoms with van der Waals surface area (Å²) in [5, 5.41) is 0. The highest BCUT2D eigenvalue weighted by Crippen LogP contribution is 2.49. The molecule has 0 radical (unpaired) electrons. The average Bonchev–Trinajstić information content (AvgIpc) is 2.86. The molecule has 0 amide bonds. The number of aromatic nitrogens is 1. The van der Waals surface area contributed by atoms with Crippen molar-refractivity contribution in [3.63, 3.8) is 0 Å². The molecule has 1 aromatic rings. The smallest absolute Gasteiger partial charge is 0.111 e. The highest BCUT2D eigenvalue weighted by Gasteiger charge is 2.47. The minimum Gasteiger partial charge on any atom is -0.372 e. The zero-order valence-electron chi connectivity index (χ0n) is 6.88. The van der Waals surface area contributed by atoms with E-state index in [1.54, 1.807) is 13.3 Å². The zero-order chi connectivity index (χ0) is 8.60. The van der Waals surface area contributed by atoms with Crippen LogP contribution < -0.4 is 0 Å². The predicted octanol–water partition coefficient (Wildman–Crippen LogP) is 2.48. The molecule has 2 nitrogen and oxygen atoms in total. The summed E-state index contributed by atoms with van der Waals surface area (Å²) in [5.41, 5.74) is 0.951. The Kier molecular flexibility index (Phi) is 1.93. The monoisotopic (exact) mass is 227 g/mol. The van der Waals surface area contributed by atoms with Gasteiger partial charge in [-0.3, -0.25) is 4.98 Å². The maximum atomic E-state index is 5.42. The summed E-state index contributed by atoms with van der Waals surface area (Å²) in [6.45, 7) is 0. The van der Waals surface area contributed by atoms with E-state index in [2.05, 4.69) is 20.9 Å². The maximum Gasteiger partial charge on any atom is 0.111 e. The molecule has 0 aromatic carbocycles. The molecule has 1 saturated carbocycles. The lowest BCUT2D eigenvalue weighted by molar-refractivity contribution is 0.0745. The second-order valence-electron chi connectivity index (χ2n) is 3.03. The van der Waals surface area contributed by atoms with Gasteiger partial charge in [0.25, 0.3) is 0 Å². The third kappa shape index (κ3) is 1.17. The van der Waals surface area contributed by atoms with E-state index in [-0.39, 0.29) is 5.60 Å². The summed E-state index contributed by atoms with van der Waals surface area (Å²) in [7, 11) is 1.74. The molecule has 0 aliphatic heterocycles. The van der Waals surface area contributed by atoms with Gasteiger partial charge in [0.15, 0.2) is 0 Å². The highest BCUT2D eigenvalue weighted by molar-refractivity contribution is 9.10. The van der Waals surface area contributed by atoms with Gasteiger partial charge in [-0.1, -0.05) is 0 Å². The first-order valence-corrected chi connectivity index (χ1v) is 4.74. The fourth-order valence-corrected chi connectivity index (χ4v) is 1.99. The van der Waals surface area contributed by atoms with Gasteiger partial charge in [-0.25, -0.2) is 0 Å². The van der Waals surface area contributed by atoms with Crippen LogP contribution in [0.3, 0.4) is 0 Å². The number of methoxy groups -OCH3 is 1. The molecule has 0 atom stereocenters. The van der Waals surface area contributed by atoms with E-state index >= 15 is 0 Å². The van der Waals surface area contributed by atoms with Crippen molar-refractivity contribution in [2.24, 2.45) is 0 Å². The van der Waals surface area contributed by atoms with Crippen LogP contribution in [0.25, 0.3) is 0 Å². The molecule has 2 rings (SSSR count). The molecule has 0 spiro atoms. The van der Waals surface area contributed by atoms with Crippen LogP contribution in [-0.4, -0.2) is 12.1 Å². The molecule has 0 N–H and O–H groups in total. The molecule has 1 fully saturated rings. The van der Waals surface area contributed by atoms with Crippen molar-refractivity contribution in [2.45, 2.75) is 18.4 Å². The van der Waals surface area contributed by atoms with Gasteiger partial charge in [0.1, 0.15) is 5.60 Å². The molecule has 1 aliphatic rings. The lowest BCUT2D eigenvalue weighted by atomic mass is 10.2. The lowest BCUT2D eigenvalue weighted by Crippen LogP contribution is -2.11. The number of hydrogen-bond donors (Lipinski definition) is 0. The zero-order valence-corrected chi connectivity index (χ0v) is 8.47. The standard InChI is InChI=1S/C9H10BrNO/c1-12-9(4-5-9)8-7(10)3-2-6-11-8/h2-3,6H,4-5H2,1H3. The Labute approximate surface area is 80.1 Å². The Morgan fingerprint density at radius 1 is 1.58 bits per heavy atom. The van der Waals surface area contributed by atoms with Gasteiger partial charge in [-0.2, -0.15) is 0 Å². The molecule has 0 unspecified atom stereocenters. The first-order valence-electron chi connectivity index (χ1n) is 3.95. The number of nitrogens with zero attached hydrogens (tertiary/aromatic N) is 1. The number of rotatable bonds is 2. The first-order chi connectivity index (χ1) is 5.78. The molecular weight excluding hydrogens is 218 g/mol. The highest BCUT2D eigenvalue weighted by atomic mass is 79.9. The Balaban J connectivity index is 2.40. The van der Waals surface area contributed by atoms with Crippen molar-refractivity contribution in [2.75, 3.05) is 7.11 Å². The summed E-state index contributed by atoms with van der Waals surface area (Å²) in [6.07, 6.45) is 3.97. The van der Waals surface area contributed by atoms with Crippen LogP contribution in [-0.2, 0) is 10.3 Å². The van der Waals surface area contributed by atoms with E-state index in [0.717, 1.165) is 23.0 Å². The van der Waals surface area contributed by atoms with Crippen LogP contribution in [0.1, 0.15) is 18.5 Å². The Morgan fingerprint density at radius 2 is 2.33 bits per heavy atom. The SMILES string of the molecule is COC1(c2ncccc2Br)CC1. The number of pyridine rings is 1. The molecule has 0 saturated heterocycles. The quantitative estimate of drug-likeness (QED) is 0.775. The topological polar surface area (TPSA) is 22.1 Å². The summed E-state index contributed by atoms with van der Waals surface area (Å²) < 4.78 is 6.47. The van der Waals surface area contributed by atoms with E-state index < -0.39 is 0 Å². The minimum absolute atomic E-state index is 0.0832. The maximum absolute atomic E-state index is 5.42. The number of halogens is 1. The van der Waals surface area contributed by atoms with Crippen molar-refractivity contribution in [1.29, 1.82) is 0 Å². The molecule has 12 heavy (non-hydrogen) atoms.